The van der Waals surface area contributed by atoms with E-state index in [0.29, 0.717) is 4.58 Å². The second-order valence-corrected chi connectivity index (χ2v) is 6.48. The zero-order chi connectivity index (χ0) is 11.2. The molecule has 0 N–H and O–H groups in total. The molecule has 0 saturated carbocycles. The van der Waals surface area contributed by atoms with Gasteiger partial charge < -0.3 is 0 Å². The van der Waals surface area contributed by atoms with E-state index < -0.39 is 0 Å². The van der Waals surface area contributed by atoms with Crippen molar-refractivity contribution in [2.45, 2.75) is 31.8 Å². The number of rotatable bonds is 6. The molecule has 14 heavy (non-hydrogen) atoms. The predicted octanol–water partition coefficient (Wildman–Crippen LogP) is 4.59. The van der Waals surface area contributed by atoms with E-state index in [4.69, 9.17) is 0 Å². The summed E-state index contributed by atoms with van der Waals surface area (Å²) in [6.45, 7) is 10.5. The first-order chi connectivity index (χ1) is 6.45. The third-order valence-corrected chi connectivity index (χ3v) is 4.53. The summed E-state index contributed by atoms with van der Waals surface area (Å²) in [6.07, 6.45) is 9.82. The van der Waals surface area contributed by atoms with Crippen molar-refractivity contribution >= 4 is 23.5 Å². The van der Waals surface area contributed by atoms with Crippen LogP contribution in [-0.2, 0) is 0 Å². The van der Waals surface area contributed by atoms with Gasteiger partial charge >= 0.3 is 0 Å². The van der Waals surface area contributed by atoms with Crippen LogP contribution < -0.4 is 0 Å². The normalized spacial score (nSPS) is 13.4. The molecule has 0 aliphatic carbocycles. The van der Waals surface area contributed by atoms with Crippen molar-refractivity contribution < 1.29 is 0 Å². The average molecular weight is 230 g/mol. The molecule has 0 heterocycles. The van der Waals surface area contributed by atoms with Crippen molar-refractivity contribution in [3.05, 3.63) is 24.3 Å². The highest BCUT2D eigenvalue weighted by Gasteiger charge is 2.13. The van der Waals surface area contributed by atoms with Crippen LogP contribution in [-0.4, -0.2) is 17.1 Å². The Morgan fingerprint density at radius 1 is 1.36 bits per heavy atom. The molecule has 0 unspecified atom stereocenters. The first kappa shape index (κ1) is 14.2. The van der Waals surface area contributed by atoms with E-state index in [0.717, 1.165) is 6.42 Å². The van der Waals surface area contributed by atoms with E-state index in [1.165, 1.54) is 5.57 Å². The second kappa shape index (κ2) is 6.62. The molecule has 82 valence electrons. The predicted molar refractivity (Wildman–Crippen MR) is 73.2 cm³/mol. The van der Waals surface area contributed by atoms with Crippen LogP contribution >= 0.6 is 23.5 Å². The summed E-state index contributed by atoms with van der Waals surface area (Å²) in [6, 6.07) is 0. The van der Waals surface area contributed by atoms with E-state index in [1.54, 1.807) is 0 Å². The van der Waals surface area contributed by atoms with Crippen LogP contribution in [0, 0.1) is 5.41 Å². The Morgan fingerprint density at radius 3 is 2.21 bits per heavy atom. The Hall–Kier alpha value is 0.180. The maximum absolute atomic E-state index is 3.87. The molecule has 2 heteroatoms. The molecular formula is C12H22S2. The smallest absolute Gasteiger partial charge is 0.0679 e. The molecule has 0 rings (SSSR count). The van der Waals surface area contributed by atoms with Gasteiger partial charge in [-0.2, -0.15) is 0 Å². The number of hydrogen-bond acceptors (Lipinski definition) is 2. The first-order valence-electron chi connectivity index (χ1n) is 4.81. The monoisotopic (exact) mass is 230 g/mol. The highest BCUT2D eigenvalue weighted by atomic mass is 32.2. The van der Waals surface area contributed by atoms with E-state index in [-0.39, 0.29) is 5.41 Å². The van der Waals surface area contributed by atoms with Crippen molar-refractivity contribution in [2.24, 2.45) is 5.41 Å². The van der Waals surface area contributed by atoms with Gasteiger partial charge in [0.2, 0.25) is 0 Å². The Morgan fingerprint density at radius 2 is 1.86 bits per heavy atom. The van der Waals surface area contributed by atoms with Gasteiger partial charge in [0.25, 0.3) is 0 Å². The fourth-order valence-corrected chi connectivity index (χ4v) is 2.82. The van der Waals surface area contributed by atoms with Gasteiger partial charge in [0.1, 0.15) is 0 Å². The molecule has 0 aromatic carbocycles. The topological polar surface area (TPSA) is 0 Å². The average Bonchev–Trinajstić information content (AvgIpc) is 2.13. The largest absolute Gasteiger partial charge is 0.147 e. The van der Waals surface area contributed by atoms with Gasteiger partial charge in [0.05, 0.1) is 4.58 Å². The molecule has 0 atom stereocenters. The molecule has 0 radical (unpaired) electrons. The highest BCUT2D eigenvalue weighted by molar-refractivity contribution is 8.16. The Bertz CT molecular complexity index is 200. The van der Waals surface area contributed by atoms with Gasteiger partial charge in [0, 0.05) is 0 Å². The molecular weight excluding hydrogens is 208 g/mol. The number of thioether (sulfide) groups is 2. The van der Waals surface area contributed by atoms with E-state index in [2.05, 4.69) is 45.9 Å². The molecule has 0 aliphatic heterocycles. The van der Waals surface area contributed by atoms with Gasteiger partial charge in [-0.05, 0) is 31.3 Å². The minimum atomic E-state index is 0.224. The Kier molecular flexibility index (Phi) is 6.71. The van der Waals surface area contributed by atoms with Crippen LogP contribution in [0.3, 0.4) is 0 Å². The van der Waals surface area contributed by atoms with Crippen LogP contribution in [0.1, 0.15) is 27.2 Å². The van der Waals surface area contributed by atoms with Gasteiger partial charge in [-0.3, -0.25) is 0 Å². The van der Waals surface area contributed by atoms with E-state index >= 15 is 0 Å². The Labute approximate surface area is 97.6 Å². The summed E-state index contributed by atoms with van der Waals surface area (Å²) < 4.78 is 0.593. The lowest BCUT2D eigenvalue weighted by molar-refractivity contribution is 0.476. The third-order valence-electron chi connectivity index (χ3n) is 2.17. The quantitative estimate of drug-likeness (QED) is 0.483. The van der Waals surface area contributed by atoms with Crippen LogP contribution in [0.5, 0.6) is 0 Å². The maximum Gasteiger partial charge on any atom is 0.0679 e. The third kappa shape index (κ3) is 5.82. The fraction of sp³-hybridized carbons (Fsp3) is 0.667. The van der Waals surface area contributed by atoms with Crippen molar-refractivity contribution in [1.82, 2.24) is 0 Å². The first-order valence-corrected chi connectivity index (χ1v) is 7.39. The molecule has 0 aromatic heterocycles. The van der Waals surface area contributed by atoms with Gasteiger partial charge in [0.15, 0.2) is 0 Å². The molecule has 0 amide bonds. The van der Waals surface area contributed by atoms with Crippen LogP contribution in [0.25, 0.3) is 0 Å². The number of hydrogen-bond donors (Lipinski definition) is 0. The molecule has 0 fully saturated rings. The second-order valence-electron chi connectivity index (χ2n) is 4.22. The molecule has 0 saturated heterocycles. The zero-order valence-electron chi connectivity index (χ0n) is 9.96. The molecule has 0 bridgehead atoms. The standard InChI is InChI=1S/C12H22S2/c1-7-12(3,4)9-10(2)8-11(13-5)14-6/h7-8,11H,1,9H2,2-6H3/b10-8+. The summed E-state index contributed by atoms with van der Waals surface area (Å²) in [5.41, 5.74) is 1.69. The van der Waals surface area contributed by atoms with Crippen LogP contribution in [0.4, 0.5) is 0 Å². The van der Waals surface area contributed by atoms with Crippen molar-refractivity contribution in [3.8, 4) is 0 Å². The highest BCUT2D eigenvalue weighted by Crippen LogP contribution is 2.28. The van der Waals surface area contributed by atoms with Gasteiger partial charge in [-0.15, -0.1) is 30.1 Å². The summed E-state index contributed by atoms with van der Waals surface area (Å²) in [7, 11) is 0. The summed E-state index contributed by atoms with van der Waals surface area (Å²) in [4.78, 5) is 0. The van der Waals surface area contributed by atoms with Gasteiger partial charge in [-0.1, -0.05) is 31.6 Å². The van der Waals surface area contributed by atoms with Crippen LogP contribution in [0.15, 0.2) is 24.3 Å². The molecule has 0 nitrogen and oxygen atoms in total. The van der Waals surface area contributed by atoms with Crippen molar-refractivity contribution in [2.75, 3.05) is 12.5 Å². The lowest BCUT2D eigenvalue weighted by Gasteiger charge is -2.20. The lowest BCUT2D eigenvalue weighted by Crippen LogP contribution is -2.07. The SMILES string of the molecule is C=CC(C)(C)C/C(C)=C/C(SC)SC. The zero-order valence-corrected chi connectivity index (χ0v) is 11.6. The fourth-order valence-electron chi connectivity index (χ4n) is 1.31. The van der Waals surface area contributed by atoms with Gasteiger partial charge in [-0.25, -0.2) is 0 Å². The van der Waals surface area contributed by atoms with E-state index in [9.17, 15) is 0 Å². The molecule has 0 aromatic rings. The minimum absolute atomic E-state index is 0.224. The molecule has 0 spiro atoms. The lowest BCUT2D eigenvalue weighted by atomic mass is 9.86. The van der Waals surface area contributed by atoms with Crippen LogP contribution in [0.2, 0.25) is 0 Å². The summed E-state index contributed by atoms with van der Waals surface area (Å²) in [5.74, 6) is 0. The maximum atomic E-state index is 3.87. The minimum Gasteiger partial charge on any atom is -0.147 e. The Balaban J connectivity index is 4.31. The summed E-state index contributed by atoms with van der Waals surface area (Å²) in [5, 5.41) is 0. The van der Waals surface area contributed by atoms with E-state index in [1.807, 2.05) is 29.6 Å². The summed E-state index contributed by atoms with van der Waals surface area (Å²) >= 11 is 3.79. The van der Waals surface area contributed by atoms with Crippen molar-refractivity contribution in [3.63, 3.8) is 0 Å². The van der Waals surface area contributed by atoms with Crippen molar-refractivity contribution in [1.29, 1.82) is 0 Å². The number of allylic oxidation sites excluding steroid dienone is 2. The molecule has 0 aliphatic rings.